The Morgan fingerprint density at radius 2 is 2.35 bits per heavy atom. The fourth-order valence-electron chi connectivity index (χ4n) is 2.71. The largest absolute Gasteiger partial charge is 0.389 e. The molecule has 2 N–H and O–H groups in total. The first-order valence-corrected chi connectivity index (χ1v) is 6.78. The van der Waals surface area contributed by atoms with Gasteiger partial charge in [0, 0.05) is 24.8 Å². The van der Waals surface area contributed by atoms with Gasteiger partial charge in [-0.2, -0.15) is 5.26 Å². The van der Waals surface area contributed by atoms with E-state index in [0.717, 1.165) is 30.6 Å². The van der Waals surface area contributed by atoms with Gasteiger partial charge in [-0.25, -0.2) is 0 Å². The lowest BCUT2D eigenvalue weighted by Crippen LogP contribution is -2.42. The van der Waals surface area contributed by atoms with Crippen molar-refractivity contribution in [3.63, 3.8) is 0 Å². The molecule has 1 aliphatic heterocycles. The highest BCUT2D eigenvalue weighted by Crippen LogP contribution is 2.33. The monoisotopic (exact) mass is 273 g/mol. The third-order valence-corrected chi connectivity index (χ3v) is 3.72. The zero-order chi connectivity index (χ0) is 14.7. The summed E-state index contributed by atoms with van der Waals surface area (Å²) >= 11 is 0. The predicted octanol–water partition coefficient (Wildman–Crippen LogP) is 1.33. The highest BCUT2D eigenvalue weighted by molar-refractivity contribution is 5.86. The lowest BCUT2D eigenvalue weighted by molar-refractivity contribution is -0.121. The molecule has 2 unspecified atom stereocenters. The Balaban J connectivity index is 2.44. The first kappa shape index (κ1) is 14.4. The minimum atomic E-state index is -0.635. The predicted molar refractivity (Wildman–Crippen MR) is 76.2 cm³/mol. The number of carbonyl (C=O) groups excluding carboxylic acids is 1. The van der Waals surface area contributed by atoms with Gasteiger partial charge in [0.05, 0.1) is 17.7 Å². The first-order valence-electron chi connectivity index (χ1n) is 6.78. The Bertz CT molecular complexity index is 549. The summed E-state index contributed by atoms with van der Waals surface area (Å²) in [5.74, 6) is -0.0265. The molecular formula is C15H19N3O2. The maximum absolute atomic E-state index is 12.0. The summed E-state index contributed by atoms with van der Waals surface area (Å²) in [5, 5.41) is 21.6. The van der Waals surface area contributed by atoms with E-state index in [-0.39, 0.29) is 11.9 Å². The van der Waals surface area contributed by atoms with E-state index in [1.165, 1.54) is 0 Å². The van der Waals surface area contributed by atoms with Gasteiger partial charge >= 0.3 is 0 Å². The van der Waals surface area contributed by atoms with Crippen molar-refractivity contribution in [1.82, 2.24) is 5.32 Å². The number of likely N-dealkylation sites (N-methyl/N-ethyl adjacent to an activating group) is 1. The summed E-state index contributed by atoms with van der Waals surface area (Å²) in [7, 11) is 1.63. The van der Waals surface area contributed by atoms with Crippen LogP contribution in [-0.2, 0) is 4.79 Å². The second kappa shape index (κ2) is 5.93. The minimum Gasteiger partial charge on any atom is -0.389 e. The molecule has 1 saturated heterocycles. The molecule has 2 rings (SSSR count). The topological polar surface area (TPSA) is 76.4 Å². The van der Waals surface area contributed by atoms with Crippen LogP contribution < -0.4 is 10.2 Å². The average Bonchev–Trinajstić information content (AvgIpc) is 2.94. The summed E-state index contributed by atoms with van der Waals surface area (Å²) in [4.78, 5) is 13.9. The molecule has 1 amide bonds. The zero-order valence-electron chi connectivity index (χ0n) is 11.8. The summed E-state index contributed by atoms with van der Waals surface area (Å²) in [5.41, 5.74) is 2.07. The van der Waals surface area contributed by atoms with Gasteiger partial charge in [-0.3, -0.25) is 4.79 Å². The van der Waals surface area contributed by atoms with Gasteiger partial charge in [0.15, 0.2) is 0 Å². The van der Waals surface area contributed by atoms with Gasteiger partial charge in [0.25, 0.3) is 0 Å². The van der Waals surface area contributed by atoms with Crippen molar-refractivity contribution in [3.05, 3.63) is 29.3 Å². The minimum absolute atomic E-state index is 0.0265. The van der Waals surface area contributed by atoms with Crippen LogP contribution in [0.25, 0.3) is 0 Å². The van der Waals surface area contributed by atoms with Crippen LogP contribution in [0.4, 0.5) is 5.69 Å². The van der Waals surface area contributed by atoms with E-state index >= 15 is 0 Å². The normalized spacial score (nSPS) is 19.5. The van der Waals surface area contributed by atoms with Gasteiger partial charge in [-0.1, -0.05) is 6.07 Å². The number of amides is 1. The van der Waals surface area contributed by atoms with E-state index in [1.54, 1.807) is 32.2 Å². The molecule has 2 atom stereocenters. The Morgan fingerprint density at radius 1 is 1.60 bits per heavy atom. The summed E-state index contributed by atoms with van der Waals surface area (Å²) in [6.45, 7) is 2.45. The van der Waals surface area contributed by atoms with Crippen LogP contribution in [0.5, 0.6) is 0 Å². The van der Waals surface area contributed by atoms with Crippen molar-refractivity contribution in [2.75, 3.05) is 18.5 Å². The quantitative estimate of drug-likeness (QED) is 0.871. The van der Waals surface area contributed by atoms with E-state index in [2.05, 4.69) is 11.4 Å². The maximum Gasteiger partial charge on any atom is 0.242 e. The summed E-state index contributed by atoms with van der Waals surface area (Å²) in [6.07, 6.45) is 1.08. The average molecular weight is 273 g/mol. The third-order valence-electron chi connectivity index (χ3n) is 3.72. The van der Waals surface area contributed by atoms with Crippen LogP contribution in [0.15, 0.2) is 18.2 Å². The Hall–Kier alpha value is -2.06. The number of benzene rings is 1. The third kappa shape index (κ3) is 2.61. The van der Waals surface area contributed by atoms with Crippen molar-refractivity contribution in [3.8, 4) is 6.07 Å². The maximum atomic E-state index is 12.0. The van der Waals surface area contributed by atoms with Crippen LogP contribution in [0.3, 0.4) is 0 Å². The molecule has 5 nitrogen and oxygen atoms in total. The number of nitriles is 1. The number of aliphatic hydroxyl groups is 1. The molecule has 0 bridgehead atoms. The molecule has 1 heterocycles. The van der Waals surface area contributed by atoms with Gasteiger partial charge < -0.3 is 15.3 Å². The van der Waals surface area contributed by atoms with Crippen LogP contribution in [0, 0.1) is 11.3 Å². The van der Waals surface area contributed by atoms with E-state index in [0.29, 0.717) is 5.56 Å². The second-order valence-corrected chi connectivity index (χ2v) is 5.03. The smallest absolute Gasteiger partial charge is 0.242 e. The Morgan fingerprint density at radius 3 is 2.95 bits per heavy atom. The SMILES string of the molecule is CNC(=O)C1CCCN1c1cc(C#N)ccc1C(C)O. The molecule has 1 aromatic carbocycles. The number of rotatable bonds is 3. The van der Waals surface area contributed by atoms with Crippen LogP contribution >= 0.6 is 0 Å². The van der Waals surface area contributed by atoms with Crippen LogP contribution in [0.1, 0.15) is 37.0 Å². The Labute approximate surface area is 118 Å². The number of hydrogen-bond donors (Lipinski definition) is 2. The molecule has 0 saturated carbocycles. The van der Waals surface area contributed by atoms with Crippen molar-refractivity contribution in [2.24, 2.45) is 0 Å². The number of anilines is 1. The lowest BCUT2D eigenvalue weighted by atomic mass is 10.0. The van der Waals surface area contributed by atoms with Gasteiger partial charge in [-0.05, 0) is 31.9 Å². The fourth-order valence-corrected chi connectivity index (χ4v) is 2.71. The van der Waals surface area contributed by atoms with E-state index in [9.17, 15) is 9.90 Å². The number of hydrogen-bond acceptors (Lipinski definition) is 4. The first-order chi connectivity index (χ1) is 9.58. The summed E-state index contributed by atoms with van der Waals surface area (Å²) < 4.78 is 0. The van der Waals surface area contributed by atoms with E-state index in [1.807, 2.05) is 4.90 Å². The fraction of sp³-hybridized carbons (Fsp3) is 0.467. The van der Waals surface area contributed by atoms with Gasteiger partial charge in [0.1, 0.15) is 6.04 Å². The van der Waals surface area contributed by atoms with Gasteiger partial charge in [-0.15, -0.1) is 0 Å². The van der Waals surface area contributed by atoms with Crippen molar-refractivity contribution >= 4 is 11.6 Å². The van der Waals surface area contributed by atoms with Crippen LogP contribution in [0.2, 0.25) is 0 Å². The van der Waals surface area contributed by atoms with Crippen LogP contribution in [-0.4, -0.2) is 30.6 Å². The number of carbonyl (C=O) groups is 1. The second-order valence-electron chi connectivity index (χ2n) is 5.03. The molecule has 0 spiro atoms. The molecule has 0 radical (unpaired) electrons. The highest BCUT2D eigenvalue weighted by atomic mass is 16.3. The molecule has 20 heavy (non-hydrogen) atoms. The standard InChI is InChI=1S/C15H19N3O2/c1-10(19)12-6-5-11(9-16)8-14(12)18-7-3-4-13(18)15(20)17-2/h5-6,8,10,13,19H,3-4,7H2,1-2H3,(H,17,20). The lowest BCUT2D eigenvalue weighted by Gasteiger charge is -2.28. The molecule has 1 aliphatic rings. The number of nitrogens with one attached hydrogen (secondary N) is 1. The van der Waals surface area contributed by atoms with Crippen molar-refractivity contribution in [1.29, 1.82) is 5.26 Å². The molecule has 1 fully saturated rings. The number of aliphatic hydroxyl groups excluding tert-OH is 1. The Kier molecular flexibility index (Phi) is 4.26. The zero-order valence-corrected chi connectivity index (χ0v) is 11.8. The highest BCUT2D eigenvalue weighted by Gasteiger charge is 2.32. The molecule has 0 aromatic heterocycles. The molecule has 5 heteroatoms. The van der Waals surface area contributed by atoms with E-state index < -0.39 is 6.10 Å². The number of nitrogens with zero attached hydrogens (tertiary/aromatic N) is 2. The van der Waals surface area contributed by atoms with E-state index in [4.69, 9.17) is 5.26 Å². The molecule has 0 aliphatic carbocycles. The summed E-state index contributed by atoms with van der Waals surface area (Å²) in [6, 6.07) is 7.08. The van der Waals surface area contributed by atoms with Crippen molar-refractivity contribution < 1.29 is 9.90 Å². The molecule has 106 valence electrons. The molecular weight excluding hydrogens is 254 g/mol. The van der Waals surface area contributed by atoms with Crippen molar-refractivity contribution in [2.45, 2.75) is 31.9 Å². The molecule has 1 aromatic rings. The van der Waals surface area contributed by atoms with Gasteiger partial charge in [0.2, 0.25) is 5.91 Å².